The lowest BCUT2D eigenvalue weighted by molar-refractivity contribution is 0.309. The zero-order valence-electron chi connectivity index (χ0n) is 12.9. The molecule has 1 N–H and O–H groups in total. The normalized spacial score (nSPS) is 20.9. The van der Waals surface area contributed by atoms with E-state index in [4.69, 9.17) is 0 Å². The van der Waals surface area contributed by atoms with Crippen LogP contribution in [0, 0.1) is 12.3 Å². The Morgan fingerprint density at radius 3 is 2.81 bits per heavy atom. The molecule has 2 fully saturated rings. The van der Waals surface area contributed by atoms with E-state index in [2.05, 4.69) is 27.1 Å². The summed E-state index contributed by atoms with van der Waals surface area (Å²) in [4.78, 5) is 12.6. The minimum atomic E-state index is 0. The predicted molar refractivity (Wildman–Crippen MR) is 99.6 cm³/mol. The molecule has 0 atom stereocenters. The van der Waals surface area contributed by atoms with Gasteiger partial charge in [0, 0.05) is 31.2 Å². The molecule has 0 unspecified atom stereocenters. The van der Waals surface area contributed by atoms with Crippen LogP contribution in [0.1, 0.15) is 42.0 Å². The van der Waals surface area contributed by atoms with Crippen LogP contribution < -0.4 is 5.32 Å². The molecular weight excluding hydrogens is 395 g/mol. The maximum atomic E-state index is 4.45. The van der Waals surface area contributed by atoms with Gasteiger partial charge in [-0.15, -0.1) is 35.3 Å². The zero-order chi connectivity index (χ0) is 14.0. The average molecular weight is 420 g/mol. The van der Waals surface area contributed by atoms with Crippen LogP contribution in [-0.2, 0) is 6.54 Å². The molecule has 1 aromatic heterocycles. The largest absolute Gasteiger partial charge is 0.350 e. The minimum absolute atomic E-state index is 0. The van der Waals surface area contributed by atoms with Gasteiger partial charge >= 0.3 is 0 Å². The molecule has 0 aromatic carbocycles. The second kappa shape index (κ2) is 7.26. The molecule has 1 saturated carbocycles. The molecule has 1 spiro atoms. The highest BCUT2D eigenvalue weighted by molar-refractivity contribution is 14.0. The van der Waals surface area contributed by atoms with E-state index in [1.165, 1.54) is 43.5 Å². The predicted octanol–water partition coefficient (Wildman–Crippen LogP) is 3.41. The number of hydrogen-bond acceptors (Lipinski definition) is 3. The van der Waals surface area contributed by atoms with Crippen molar-refractivity contribution in [2.75, 3.05) is 20.1 Å². The van der Waals surface area contributed by atoms with Crippen molar-refractivity contribution in [2.24, 2.45) is 10.4 Å². The second-order valence-corrected chi connectivity index (χ2v) is 7.46. The van der Waals surface area contributed by atoms with Crippen LogP contribution >= 0.6 is 35.3 Å². The summed E-state index contributed by atoms with van der Waals surface area (Å²) < 4.78 is 0. The van der Waals surface area contributed by atoms with Gasteiger partial charge in [-0.1, -0.05) is 12.8 Å². The zero-order valence-corrected chi connectivity index (χ0v) is 16.0. The fourth-order valence-electron chi connectivity index (χ4n) is 3.62. The first-order valence-electron chi connectivity index (χ1n) is 7.58. The molecule has 6 heteroatoms. The van der Waals surface area contributed by atoms with E-state index in [1.54, 1.807) is 11.3 Å². The number of aliphatic imine (C=N–C) groups is 1. The Kier molecular flexibility index (Phi) is 5.88. The Hall–Kier alpha value is -0.370. The monoisotopic (exact) mass is 420 g/mol. The van der Waals surface area contributed by atoms with Crippen molar-refractivity contribution >= 4 is 41.3 Å². The maximum Gasteiger partial charge on any atom is 0.194 e. The molecule has 1 aromatic rings. The van der Waals surface area contributed by atoms with E-state index in [-0.39, 0.29) is 24.0 Å². The topological polar surface area (TPSA) is 40.5 Å². The van der Waals surface area contributed by atoms with E-state index < -0.39 is 0 Å². The average Bonchev–Trinajstić information content (AvgIpc) is 3.15. The van der Waals surface area contributed by atoms with Crippen LogP contribution in [0.5, 0.6) is 0 Å². The molecule has 2 aliphatic rings. The standard InChI is InChI=1S/C15H24N4S.HI/c1-12-9-17-13(20-12)10-18-14(16-2)19-8-7-15(11-19)5-3-4-6-15;/h9H,3-8,10-11H2,1-2H3,(H,16,18);1H. The number of guanidine groups is 1. The third-order valence-corrected chi connectivity index (χ3v) is 5.59. The first-order valence-corrected chi connectivity index (χ1v) is 8.39. The third kappa shape index (κ3) is 3.88. The summed E-state index contributed by atoms with van der Waals surface area (Å²) in [5.41, 5.74) is 0.593. The van der Waals surface area contributed by atoms with Crippen LogP contribution in [0.25, 0.3) is 0 Å². The van der Waals surface area contributed by atoms with Gasteiger partial charge in [0.05, 0.1) is 6.54 Å². The molecule has 2 heterocycles. The summed E-state index contributed by atoms with van der Waals surface area (Å²) >= 11 is 1.75. The number of nitrogens with zero attached hydrogens (tertiary/aromatic N) is 3. The Labute approximate surface area is 148 Å². The highest BCUT2D eigenvalue weighted by Crippen LogP contribution is 2.45. The lowest BCUT2D eigenvalue weighted by Gasteiger charge is -2.25. The Morgan fingerprint density at radius 2 is 2.19 bits per heavy atom. The first-order chi connectivity index (χ1) is 9.71. The van der Waals surface area contributed by atoms with Crippen LogP contribution in [0.2, 0.25) is 0 Å². The minimum Gasteiger partial charge on any atom is -0.350 e. The lowest BCUT2D eigenvalue weighted by Crippen LogP contribution is -2.40. The van der Waals surface area contributed by atoms with E-state index in [0.29, 0.717) is 5.41 Å². The summed E-state index contributed by atoms with van der Waals surface area (Å²) in [7, 11) is 1.88. The number of likely N-dealkylation sites (tertiary alicyclic amines) is 1. The highest BCUT2D eigenvalue weighted by atomic mass is 127. The number of nitrogens with one attached hydrogen (secondary N) is 1. The van der Waals surface area contributed by atoms with Gasteiger partial charge in [0.25, 0.3) is 0 Å². The number of halogens is 1. The third-order valence-electron chi connectivity index (χ3n) is 4.68. The van der Waals surface area contributed by atoms with Gasteiger partial charge in [-0.05, 0) is 31.6 Å². The van der Waals surface area contributed by atoms with E-state index in [1.807, 2.05) is 13.2 Å². The van der Waals surface area contributed by atoms with Gasteiger partial charge < -0.3 is 10.2 Å². The molecule has 1 saturated heterocycles. The smallest absolute Gasteiger partial charge is 0.194 e. The SMILES string of the molecule is CN=C(NCc1ncc(C)s1)N1CCC2(CCCC2)C1.I. The van der Waals surface area contributed by atoms with Crippen molar-refractivity contribution in [2.45, 2.75) is 45.6 Å². The summed E-state index contributed by atoms with van der Waals surface area (Å²) in [5.74, 6) is 1.04. The van der Waals surface area contributed by atoms with E-state index >= 15 is 0 Å². The van der Waals surface area contributed by atoms with Crippen molar-refractivity contribution in [3.8, 4) is 0 Å². The number of rotatable bonds is 2. The molecule has 0 radical (unpaired) electrons. The molecular formula is C15H25IN4S. The van der Waals surface area contributed by atoms with Crippen molar-refractivity contribution in [3.63, 3.8) is 0 Å². The Morgan fingerprint density at radius 1 is 1.43 bits per heavy atom. The van der Waals surface area contributed by atoms with Gasteiger partial charge in [0.2, 0.25) is 0 Å². The number of aryl methyl sites for hydroxylation is 1. The van der Waals surface area contributed by atoms with Gasteiger partial charge in [-0.3, -0.25) is 4.99 Å². The van der Waals surface area contributed by atoms with Crippen LogP contribution in [0.15, 0.2) is 11.2 Å². The molecule has 0 amide bonds. The molecule has 21 heavy (non-hydrogen) atoms. The summed E-state index contributed by atoms with van der Waals surface area (Å²) in [6.45, 7) is 5.22. The highest BCUT2D eigenvalue weighted by Gasteiger charge is 2.41. The first kappa shape index (κ1) is 17.0. The maximum absolute atomic E-state index is 4.45. The van der Waals surface area contributed by atoms with Gasteiger partial charge in [-0.2, -0.15) is 0 Å². The fourth-order valence-corrected chi connectivity index (χ4v) is 4.35. The summed E-state index contributed by atoms with van der Waals surface area (Å²) in [6, 6.07) is 0. The molecule has 4 nitrogen and oxygen atoms in total. The molecule has 1 aliphatic heterocycles. The van der Waals surface area contributed by atoms with E-state index in [9.17, 15) is 0 Å². The second-order valence-electron chi connectivity index (χ2n) is 6.14. The summed E-state index contributed by atoms with van der Waals surface area (Å²) in [5, 5.41) is 4.61. The Balaban J connectivity index is 0.00000161. The van der Waals surface area contributed by atoms with Gasteiger partial charge in [0.15, 0.2) is 5.96 Å². The Bertz CT molecular complexity index is 494. The van der Waals surface area contributed by atoms with Crippen LogP contribution in [-0.4, -0.2) is 36.0 Å². The molecule has 0 bridgehead atoms. The van der Waals surface area contributed by atoms with Crippen molar-refractivity contribution in [1.82, 2.24) is 15.2 Å². The number of thiazole rings is 1. The van der Waals surface area contributed by atoms with Gasteiger partial charge in [0.1, 0.15) is 5.01 Å². The molecule has 118 valence electrons. The number of aromatic nitrogens is 1. The van der Waals surface area contributed by atoms with Crippen molar-refractivity contribution in [3.05, 3.63) is 16.1 Å². The van der Waals surface area contributed by atoms with Crippen LogP contribution in [0.3, 0.4) is 0 Å². The van der Waals surface area contributed by atoms with E-state index in [0.717, 1.165) is 24.1 Å². The summed E-state index contributed by atoms with van der Waals surface area (Å²) in [6.07, 6.45) is 8.92. The lowest BCUT2D eigenvalue weighted by atomic mass is 9.86. The fraction of sp³-hybridized carbons (Fsp3) is 0.733. The van der Waals surface area contributed by atoms with Gasteiger partial charge in [-0.25, -0.2) is 4.98 Å². The molecule has 1 aliphatic carbocycles. The molecule has 3 rings (SSSR count). The van der Waals surface area contributed by atoms with Crippen LogP contribution in [0.4, 0.5) is 0 Å². The number of hydrogen-bond donors (Lipinski definition) is 1. The van der Waals surface area contributed by atoms with Crippen molar-refractivity contribution in [1.29, 1.82) is 0 Å². The van der Waals surface area contributed by atoms with Crippen molar-refractivity contribution < 1.29 is 0 Å². The quantitative estimate of drug-likeness (QED) is 0.453.